The fourth-order valence-electron chi connectivity index (χ4n) is 14.8. The zero-order valence-corrected chi connectivity index (χ0v) is 69.4. The molecular weight excluding hydrogens is 1250 g/mol. The molecule has 100 heavy (non-hydrogen) atoms. The van der Waals surface area contributed by atoms with E-state index in [-0.39, 0.29) is 0 Å². The van der Waals surface area contributed by atoms with Gasteiger partial charge in [-0.2, -0.15) is 0 Å². The van der Waals surface area contributed by atoms with Gasteiger partial charge < -0.3 is 5.53 Å². The fourth-order valence-corrected chi connectivity index (χ4v) is 16.0. The van der Waals surface area contributed by atoms with E-state index in [4.69, 9.17) is 0 Å². The van der Waals surface area contributed by atoms with E-state index in [1.807, 2.05) is 0 Å². The first kappa shape index (κ1) is 95.4. The Balaban J connectivity index is 0.00000100. The maximum atomic E-state index is 9.73. The third-order valence-electron chi connectivity index (χ3n) is 21.5. The second-order valence-electron chi connectivity index (χ2n) is 31.1. The normalized spacial score (nSPS) is 11.5. The molecule has 0 aromatic heterocycles. The zero-order chi connectivity index (χ0) is 71.9. The van der Waals surface area contributed by atoms with Crippen molar-refractivity contribution in [1.29, 1.82) is 0 Å². The summed E-state index contributed by atoms with van der Waals surface area (Å²) in [5.74, 6) is 10.1. The Hall–Kier alpha value is -2.61. The molecule has 0 amide bonds. The van der Waals surface area contributed by atoms with Gasteiger partial charge in [-0.1, -0.05) is 340 Å². The number of hydrogen-bond donors (Lipinski definition) is 0. The number of aryl methyl sites for hydroxylation is 2. The van der Waals surface area contributed by atoms with Crippen molar-refractivity contribution in [1.82, 2.24) is 0 Å². The molecule has 0 atom stereocenters. The fraction of sp³-hybridized carbons (Fsp3) is 0.814. The number of unbranched alkanes of at least 4 members (excludes halogenated alkanes) is 60. The molecule has 0 radical (unpaired) electrons. The Labute approximate surface area is 634 Å². The second kappa shape index (κ2) is 80.5. The quantitative estimate of drug-likeness (QED) is 0.0120. The summed E-state index contributed by atoms with van der Waals surface area (Å²) in [6.07, 6.45) is 98.4. The number of benzene rings is 2. The maximum absolute atomic E-state index is 9.73. The Morgan fingerprint density at radius 3 is 0.950 bits per heavy atom. The molecule has 0 spiro atoms. The summed E-state index contributed by atoms with van der Waals surface area (Å²) in [5, 5.41) is 2.87. The molecule has 0 N–H and O–H groups in total. The van der Waals surface area contributed by atoms with Crippen molar-refractivity contribution in [2.75, 3.05) is 0 Å². The third-order valence-corrected chi connectivity index (χ3v) is 22.9. The monoisotopic (exact) mass is 1420 g/mol. The summed E-state index contributed by atoms with van der Waals surface area (Å²) in [6, 6.07) is 18.3. The molecule has 0 bridgehead atoms. The SMILES string of the molecule is CCCCCCCCCCCCCC#CCCc1ccccc1C(=C(CCCC)C(=C=[N+]=[N-])CCCC)c1ccc(CCCCCCCC)cc1.CCCCCCCCCCCCCCCCCCCCCCC[CH2][Ni][CH2]CCCCCCCCCCCCCCCCCCCCCCC. The summed E-state index contributed by atoms with van der Waals surface area (Å²) in [7, 11) is 0. The van der Waals surface area contributed by atoms with E-state index in [0.29, 0.717) is 0 Å². The molecule has 0 fully saturated rings. The van der Waals surface area contributed by atoms with Gasteiger partial charge in [-0.3, -0.25) is 0 Å². The van der Waals surface area contributed by atoms with Crippen LogP contribution in [0, 0.1) is 11.8 Å². The molecular formula is C97H172N2Ni. The number of hydrogen-bond acceptors (Lipinski definition) is 0. The predicted octanol–water partition coefficient (Wildman–Crippen LogP) is 34.3. The predicted molar refractivity (Wildman–Crippen MR) is 448 cm³/mol. The molecule has 0 aliphatic heterocycles. The first-order chi connectivity index (χ1) is 49.6. The Bertz CT molecular complexity index is 2110. The first-order valence-electron chi connectivity index (χ1n) is 45.4. The van der Waals surface area contributed by atoms with Crippen LogP contribution in [0.5, 0.6) is 0 Å². The van der Waals surface area contributed by atoms with E-state index in [1.54, 1.807) is 0 Å². The Morgan fingerprint density at radius 2 is 0.600 bits per heavy atom. The van der Waals surface area contributed by atoms with Gasteiger partial charge in [0.05, 0.1) is 5.57 Å². The summed E-state index contributed by atoms with van der Waals surface area (Å²) in [6.45, 7) is 13.7. The third kappa shape index (κ3) is 62.7. The number of allylic oxidation sites excluding steroid dienone is 2. The number of rotatable bonds is 75. The van der Waals surface area contributed by atoms with Crippen LogP contribution in [0.25, 0.3) is 11.1 Å². The van der Waals surface area contributed by atoms with Crippen LogP contribution in [0.2, 0.25) is 10.8 Å². The van der Waals surface area contributed by atoms with E-state index in [1.165, 1.54) is 436 Å². The summed E-state index contributed by atoms with van der Waals surface area (Å²) in [4.78, 5) is 3.47. The molecule has 0 saturated carbocycles. The van der Waals surface area contributed by atoms with Gasteiger partial charge >= 0.3 is 172 Å². The van der Waals surface area contributed by atoms with Gasteiger partial charge in [0.2, 0.25) is 0 Å². The molecule has 2 nitrogen and oxygen atoms in total. The van der Waals surface area contributed by atoms with Crippen molar-refractivity contribution in [3.63, 3.8) is 0 Å². The van der Waals surface area contributed by atoms with E-state index in [0.717, 1.165) is 69.8 Å². The van der Waals surface area contributed by atoms with Crippen LogP contribution in [0.1, 0.15) is 507 Å². The number of nitrogens with zero attached hydrogens (tertiary/aromatic N) is 2. The van der Waals surface area contributed by atoms with Crippen LogP contribution in [0.15, 0.2) is 59.7 Å². The van der Waals surface area contributed by atoms with E-state index in [2.05, 4.69) is 127 Å². The smallest absolute Gasteiger partial charge is 0.0654 e. The van der Waals surface area contributed by atoms with Crippen molar-refractivity contribution in [3.8, 4) is 11.8 Å². The van der Waals surface area contributed by atoms with Crippen LogP contribution in [-0.2, 0) is 27.3 Å². The van der Waals surface area contributed by atoms with Gasteiger partial charge in [0.1, 0.15) is 0 Å². The van der Waals surface area contributed by atoms with Gasteiger partial charge in [-0.05, 0) is 84.8 Å². The molecule has 0 aliphatic carbocycles. The van der Waals surface area contributed by atoms with Crippen molar-refractivity contribution < 1.29 is 19.2 Å². The topological polar surface area (TPSA) is 36.4 Å². The van der Waals surface area contributed by atoms with E-state index >= 15 is 0 Å². The van der Waals surface area contributed by atoms with Crippen molar-refractivity contribution in [2.45, 2.75) is 508 Å². The van der Waals surface area contributed by atoms with Gasteiger partial charge in [-0.15, -0.1) is 16.6 Å². The minimum atomic E-state index is 0.867. The molecule has 0 heterocycles. The molecule has 2 aromatic rings. The average Bonchev–Trinajstić information content (AvgIpc) is 0.795. The molecule has 0 saturated heterocycles. The van der Waals surface area contributed by atoms with Gasteiger partial charge in [-0.25, -0.2) is 0 Å². The average molecular weight is 1430 g/mol. The minimum absolute atomic E-state index is 0.867. The molecule has 2 rings (SSSR count). The van der Waals surface area contributed by atoms with Crippen LogP contribution < -0.4 is 0 Å². The summed E-state index contributed by atoms with van der Waals surface area (Å²) < 4.78 is 0. The minimum Gasteiger partial charge on any atom is -0.0654 e. The molecule has 0 unspecified atom stereocenters. The van der Waals surface area contributed by atoms with Gasteiger partial charge in [0, 0.05) is 12.8 Å². The van der Waals surface area contributed by atoms with E-state index in [9.17, 15) is 5.53 Å². The standard InChI is InChI=1S/C49H74N2.2C24H49.Ni/c1-5-9-13-15-17-18-19-20-21-22-23-24-25-27-29-34-44-35-30-31-37-47(44)49(48(36-12-8-4)46(42-51-50)33-11-7-3)45-40-38-43(39-41-45)32-28-26-16-14-10-6-2;2*1-3-5-7-9-11-13-15-17-19-21-23-24-22-20-18-16-14-12-10-8-6-4-2;/h30-31,35,37-41H,5-24,26,28-29,32-34,36H2,1-4H3;2*1,3-24H2,2H3;. The van der Waals surface area contributed by atoms with Crippen LogP contribution >= 0.6 is 0 Å². The van der Waals surface area contributed by atoms with Gasteiger partial charge in [0.25, 0.3) is 0 Å². The van der Waals surface area contributed by atoms with E-state index < -0.39 is 0 Å². The van der Waals surface area contributed by atoms with Gasteiger partial charge in [0.15, 0.2) is 0 Å². The van der Waals surface area contributed by atoms with Crippen molar-refractivity contribution >= 4 is 11.4 Å². The zero-order valence-electron chi connectivity index (χ0n) is 68.4. The van der Waals surface area contributed by atoms with Crippen LogP contribution in [0.3, 0.4) is 0 Å². The van der Waals surface area contributed by atoms with Crippen molar-refractivity contribution in [2.24, 2.45) is 0 Å². The first-order valence-corrected chi connectivity index (χ1v) is 46.8. The molecule has 3 heteroatoms. The molecule has 580 valence electrons. The summed E-state index contributed by atoms with van der Waals surface area (Å²) >= 11 is 2.05. The summed E-state index contributed by atoms with van der Waals surface area (Å²) in [5.41, 5.74) is 18.6. The molecule has 2 aromatic carbocycles. The molecule has 0 aliphatic rings. The van der Waals surface area contributed by atoms with Crippen LogP contribution in [-0.4, -0.2) is 10.7 Å². The van der Waals surface area contributed by atoms with Crippen LogP contribution in [0.4, 0.5) is 0 Å². The Kier molecular flexibility index (Phi) is 76.8. The Morgan fingerprint density at radius 1 is 0.300 bits per heavy atom. The van der Waals surface area contributed by atoms with Crippen molar-refractivity contribution in [3.05, 3.63) is 87.5 Å². The second-order valence-corrected chi connectivity index (χ2v) is 32.6.